The van der Waals surface area contributed by atoms with Gasteiger partial charge in [0.15, 0.2) is 9.92 Å². The topological polar surface area (TPSA) is 118 Å². The number of anilines is 1. The van der Waals surface area contributed by atoms with Crippen LogP contribution in [0, 0.1) is 0 Å². The van der Waals surface area contributed by atoms with Crippen molar-refractivity contribution in [1.82, 2.24) is 4.98 Å². The van der Waals surface area contributed by atoms with Gasteiger partial charge in [-0.1, -0.05) is 13.8 Å². The van der Waals surface area contributed by atoms with Crippen molar-refractivity contribution < 1.29 is 14.1 Å². The lowest BCUT2D eigenvalue weighted by atomic mass is 10.0. The van der Waals surface area contributed by atoms with Crippen molar-refractivity contribution in [2.24, 2.45) is 9.50 Å². The van der Waals surface area contributed by atoms with Gasteiger partial charge in [-0.25, -0.2) is 14.1 Å². The minimum Gasteiger partial charge on any atom is -0.386 e. The highest BCUT2D eigenvalue weighted by Gasteiger charge is 2.32. The second-order valence-corrected chi connectivity index (χ2v) is 11.8. The Morgan fingerprint density at radius 2 is 1.83 bits per heavy atom. The van der Waals surface area contributed by atoms with Gasteiger partial charge >= 0.3 is 6.03 Å². The number of rotatable bonds is 3. The van der Waals surface area contributed by atoms with Crippen LogP contribution in [0.2, 0.25) is 0 Å². The molecule has 0 saturated carbocycles. The maximum Gasteiger partial charge on any atom is 0.354 e. The summed E-state index contributed by atoms with van der Waals surface area (Å²) in [5.41, 5.74) is 4.54. The van der Waals surface area contributed by atoms with Gasteiger partial charge in [0.25, 0.3) is 0 Å². The third-order valence-corrected chi connectivity index (χ3v) is 8.93. The van der Waals surface area contributed by atoms with Gasteiger partial charge in [-0.2, -0.15) is 0 Å². The number of nitrogens with zero attached hydrogens (tertiary/aromatic N) is 2. The largest absolute Gasteiger partial charge is 0.386 e. The highest BCUT2D eigenvalue weighted by atomic mass is 32.2. The third kappa shape index (κ3) is 3.79. The fourth-order valence-electron chi connectivity index (χ4n) is 4.26. The molecule has 30 heavy (non-hydrogen) atoms. The molecule has 2 aromatic heterocycles. The summed E-state index contributed by atoms with van der Waals surface area (Å²) in [5, 5.41) is 20.6. The maximum atomic E-state index is 13.0. The first-order valence-electron chi connectivity index (χ1n) is 10.2. The summed E-state index contributed by atoms with van der Waals surface area (Å²) in [6.07, 6.45) is 3.72. The predicted octanol–water partition coefficient (Wildman–Crippen LogP) is 4.40. The molecule has 2 aliphatic rings. The van der Waals surface area contributed by atoms with Gasteiger partial charge in [0.2, 0.25) is 0 Å². The zero-order valence-corrected chi connectivity index (χ0v) is 19.3. The van der Waals surface area contributed by atoms with Crippen LogP contribution in [0.1, 0.15) is 80.5 Å². The summed E-state index contributed by atoms with van der Waals surface area (Å²) in [6.45, 7) is 7.58. The number of aliphatic hydroxyl groups is 1. The molecule has 9 heteroatoms. The van der Waals surface area contributed by atoms with Crippen LogP contribution in [-0.4, -0.2) is 20.3 Å². The van der Waals surface area contributed by atoms with Crippen molar-refractivity contribution in [3.63, 3.8) is 0 Å². The smallest absolute Gasteiger partial charge is 0.354 e. The van der Waals surface area contributed by atoms with Crippen LogP contribution >= 0.6 is 11.3 Å². The molecular formula is C21H28N4O3S2. The highest BCUT2D eigenvalue weighted by Crippen LogP contribution is 2.44. The minimum absolute atomic E-state index is 0.266. The summed E-state index contributed by atoms with van der Waals surface area (Å²) in [5.74, 6) is 0.714. The second kappa shape index (κ2) is 7.40. The summed E-state index contributed by atoms with van der Waals surface area (Å²) < 4.78 is 17.1. The number of thiophene rings is 1. The summed E-state index contributed by atoms with van der Waals surface area (Å²) in [7, 11) is -3.41. The number of fused-ring (bicyclic) bond motifs is 2. The Labute approximate surface area is 181 Å². The standard InChI is InChI=1S/C21H28N4O3S2/c1-11-5-7-14-17(11)23-18-12(2)6-8-15(18)19(14)24-20(26)25-30(22,28)16-9-13(10-29-16)21(3,4)27/h9-12,27H,5-8H2,1-4H3,(H3,22,23,24,25,26,28)/t11?,12?,30-/m1/s1. The van der Waals surface area contributed by atoms with Crippen molar-refractivity contribution in [3.05, 3.63) is 39.5 Å². The molecule has 0 radical (unpaired) electrons. The third-order valence-electron chi connectivity index (χ3n) is 6.07. The van der Waals surface area contributed by atoms with E-state index in [1.165, 1.54) is 0 Å². The van der Waals surface area contributed by atoms with Crippen molar-refractivity contribution in [1.29, 1.82) is 0 Å². The van der Waals surface area contributed by atoms with Crippen LogP contribution in [0.5, 0.6) is 0 Å². The second-order valence-electron chi connectivity index (χ2n) is 8.90. The van der Waals surface area contributed by atoms with Gasteiger partial charge in [0.05, 0.1) is 11.3 Å². The number of hydrogen-bond acceptors (Lipinski definition) is 5. The van der Waals surface area contributed by atoms with Crippen LogP contribution in [0.25, 0.3) is 0 Å². The summed E-state index contributed by atoms with van der Waals surface area (Å²) in [6, 6.07) is 0.838. The SMILES string of the molecule is CC1CCc2c1nc1c(c2NC(=O)N=[S@@](N)(=O)c2cc(C(C)(C)O)cs2)CCC1C. The predicted molar refractivity (Wildman–Crippen MR) is 119 cm³/mol. The minimum atomic E-state index is -3.41. The van der Waals surface area contributed by atoms with Gasteiger partial charge in [0, 0.05) is 11.4 Å². The van der Waals surface area contributed by atoms with Crippen LogP contribution in [0.3, 0.4) is 0 Å². The fourth-order valence-corrected chi connectivity index (χ4v) is 6.54. The molecule has 2 aromatic rings. The molecule has 2 heterocycles. The number of carbonyl (C=O) groups is 1. The fraction of sp³-hybridized carbons (Fsp3) is 0.524. The van der Waals surface area contributed by atoms with Gasteiger partial charge in [-0.05, 0) is 79.5 Å². The molecule has 4 rings (SSSR count). The van der Waals surface area contributed by atoms with Crippen LogP contribution in [0.15, 0.2) is 20.0 Å². The van der Waals surface area contributed by atoms with Gasteiger partial charge in [-0.15, -0.1) is 15.7 Å². The Morgan fingerprint density at radius 3 is 2.33 bits per heavy atom. The molecule has 0 saturated heterocycles. The Kier molecular flexibility index (Phi) is 5.29. The Balaban J connectivity index is 1.68. The molecule has 162 valence electrons. The van der Waals surface area contributed by atoms with E-state index in [1.54, 1.807) is 25.3 Å². The molecule has 0 aromatic carbocycles. The average molecular weight is 449 g/mol. The first-order chi connectivity index (χ1) is 14.0. The number of nitrogens with two attached hydrogens (primary N) is 1. The Hall–Kier alpha value is -1.81. The number of urea groups is 1. The van der Waals surface area contributed by atoms with E-state index in [-0.39, 0.29) is 4.21 Å². The molecule has 3 atom stereocenters. The summed E-state index contributed by atoms with van der Waals surface area (Å²) in [4.78, 5) is 17.7. The van der Waals surface area contributed by atoms with E-state index in [0.29, 0.717) is 17.4 Å². The normalized spacial score (nSPS) is 22.3. The number of hydrogen-bond donors (Lipinski definition) is 3. The van der Waals surface area contributed by atoms with E-state index in [2.05, 4.69) is 23.5 Å². The molecule has 2 unspecified atom stereocenters. The first kappa shape index (κ1) is 21.4. The van der Waals surface area contributed by atoms with Crippen LogP contribution in [0.4, 0.5) is 10.5 Å². The maximum absolute atomic E-state index is 13.0. The van der Waals surface area contributed by atoms with Crippen molar-refractivity contribution in [3.8, 4) is 0 Å². The van der Waals surface area contributed by atoms with Gasteiger partial charge < -0.3 is 10.4 Å². The monoisotopic (exact) mass is 448 g/mol. The zero-order chi connectivity index (χ0) is 21.8. The number of pyridine rings is 1. The van der Waals surface area contributed by atoms with Crippen LogP contribution < -0.4 is 10.5 Å². The van der Waals surface area contributed by atoms with Crippen LogP contribution in [-0.2, 0) is 28.4 Å². The number of aromatic nitrogens is 1. The van der Waals surface area contributed by atoms with Gasteiger partial charge in [-0.3, -0.25) is 4.98 Å². The van der Waals surface area contributed by atoms with E-state index in [0.717, 1.165) is 65.2 Å². The molecule has 4 N–H and O–H groups in total. The lowest BCUT2D eigenvalue weighted by Crippen LogP contribution is -2.19. The highest BCUT2D eigenvalue weighted by molar-refractivity contribution is 7.93. The van der Waals surface area contributed by atoms with Crippen molar-refractivity contribution in [2.75, 3.05) is 5.32 Å². The summed E-state index contributed by atoms with van der Waals surface area (Å²) >= 11 is 1.13. The molecule has 0 spiro atoms. The number of carbonyl (C=O) groups excluding carboxylic acids is 1. The first-order valence-corrected chi connectivity index (χ1v) is 12.7. The Bertz CT molecular complexity index is 1100. The van der Waals surface area contributed by atoms with Gasteiger partial charge in [0.1, 0.15) is 4.21 Å². The zero-order valence-electron chi connectivity index (χ0n) is 17.7. The van der Waals surface area contributed by atoms with Crippen molar-refractivity contribution >= 4 is 33.0 Å². The van der Waals surface area contributed by atoms with E-state index < -0.39 is 21.5 Å². The molecule has 2 amide bonds. The molecule has 2 aliphatic carbocycles. The quantitative estimate of drug-likeness (QED) is 0.645. The van der Waals surface area contributed by atoms with E-state index in [1.807, 2.05) is 0 Å². The lowest BCUT2D eigenvalue weighted by Gasteiger charge is -2.16. The average Bonchev–Trinajstić information content (AvgIpc) is 3.35. The molecule has 0 fully saturated rings. The molecule has 0 aliphatic heterocycles. The van der Waals surface area contributed by atoms with E-state index in [4.69, 9.17) is 10.1 Å². The van der Waals surface area contributed by atoms with E-state index >= 15 is 0 Å². The molecular weight excluding hydrogens is 420 g/mol. The Morgan fingerprint density at radius 1 is 1.27 bits per heavy atom. The van der Waals surface area contributed by atoms with E-state index in [9.17, 15) is 14.1 Å². The number of nitrogens with one attached hydrogen (secondary N) is 1. The lowest BCUT2D eigenvalue weighted by molar-refractivity contribution is 0.0789. The molecule has 0 bridgehead atoms. The van der Waals surface area contributed by atoms with Crippen molar-refractivity contribution in [2.45, 2.75) is 75.0 Å². The molecule has 7 nitrogen and oxygen atoms in total. The number of amides is 2.